The smallest absolute Gasteiger partial charge is 0.220 e. The van der Waals surface area contributed by atoms with Crippen LogP contribution in [0.25, 0.3) is 0 Å². The Hall–Kier alpha value is -0.570. The maximum Gasteiger partial charge on any atom is 0.220 e. The van der Waals surface area contributed by atoms with Gasteiger partial charge in [-0.1, -0.05) is 20.8 Å². The molecule has 1 amide bonds. The summed E-state index contributed by atoms with van der Waals surface area (Å²) >= 11 is 0. The van der Waals surface area contributed by atoms with Crippen LogP contribution in [0.15, 0.2) is 0 Å². The van der Waals surface area contributed by atoms with Gasteiger partial charge in [-0.2, -0.15) is 0 Å². The predicted molar refractivity (Wildman–Crippen MR) is 86.0 cm³/mol. The Bertz CT molecular complexity index is 400. The van der Waals surface area contributed by atoms with Crippen molar-refractivity contribution in [2.45, 2.75) is 71.8 Å². The van der Waals surface area contributed by atoms with Crippen LogP contribution >= 0.6 is 0 Å². The maximum absolute atomic E-state index is 12.3. The number of rotatable bonds is 4. The second kappa shape index (κ2) is 5.57. The largest absolute Gasteiger partial charge is 0.353 e. The molecule has 0 radical (unpaired) electrons. The number of hydrogen-bond acceptors (Lipinski definition) is 2. The summed E-state index contributed by atoms with van der Waals surface area (Å²) in [5, 5.41) is 6.83. The third-order valence-electron chi connectivity index (χ3n) is 7.31. The van der Waals surface area contributed by atoms with Crippen molar-refractivity contribution in [1.29, 1.82) is 0 Å². The van der Waals surface area contributed by atoms with Crippen LogP contribution in [0.2, 0.25) is 0 Å². The Balaban J connectivity index is 1.49. The average Bonchev–Trinajstić information content (AvgIpc) is 2.79. The lowest BCUT2D eigenvalue weighted by Crippen LogP contribution is -2.47. The van der Waals surface area contributed by atoms with E-state index in [2.05, 4.69) is 31.4 Å². The van der Waals surface area contributed by atoms with E-state index < -0.39 is 0 Å². The van der Waals surface area contributed by atoms with Crippen LogP contribution in [-0.2, 0) is 4.79 Å². The molecular formula is C18H32N2O. The molecule has 0 aromatic rings. The number of piperidine rings is 1. The molecule has 0 spiro atoms. The van der Waals surface area contributed by atoms with Crippen molar-refractivity contribution in [3.05, 3.63) is 0 Å². The fourth-order valence-electron chi connectivity index (χ4n) is 5.19. The summed E-state index contributed by atoms with van der Waals surface area (Å²) in [6.45, 7) is 9.47. The highest BCUT2D eigenvalue weighted by Gasteiger charge is 2.61. The quantitative estimate of drug-likeness (QED) is 0.836. The summed E-state index contributed by atoms with van der Waals surface area (Å²) in [6.07, 6.45) is 8.14. The summed E-state index contributed by atoms with van der Waals surface area (Å²) < 4.78 is 0. The monoisotopic (exact) mass is 292 g/mol. The Labute approximate surface area is 129 Å². The fourth-order valence-corrected chi connectivity index (χ4v) is 5.19. The van der Waals surface area contributed by atoms with Crippen LogP contribution in [0.4, 0.5) is 0 Å². The first kappa shape index (κ1) is 15.3. The zero-order valence-corrected chi connectivity index (χ0v) is 14.0. The first-order valence-electron chi connectivity index (χ1n) is 8.93. The van der Waals surface area contributed by atoms with E-state index in [1.54, 1.807) is 0 Å². The molecule has 2 N–H and O–H groups in total. The van der Waals surface area contributed by atoms with Gasteiger partial charge in [0.2, 0.25) is 5.91 Å². The van der Waals surface area contributed by atoms with Crippen LogP contribution in [0.1, 0.15) is 65.7 Å². The highest BCUT2D eigenvalue weighted by atomic mass is 16.1. The Morgan fingerprint density at radius 1 is 1.29 bits per heavy atom. The molecule has 3 rings (SSSR count). The molecule has 1 heterocycles. The molecule has 120 valence electrons. The van der Waals surface area contributed by atoms with Gasteiger partial charge >= 0.3 is 0 Å². The van der Waals surface area contributed by atoms with Crippen molar-refractivity contribution in [3.8, 4) is 0 Å². The van der Waals surface area contributed by atoms with E-state index in [-0.39, 0.29) is 5.91 Å². The molecular weight excluding hydrogens is 260 g/mol. The number of nitrogens with one attached hydrogen (secondary N) is 2. The van der Waals surface area contributed by atoms with Crippen molar-refractivity contribution in [3.63, 3.8) is 0 Å². The van der Waals surface area contributed by atoms with Crippen LogP contribution in [0.3, 0.4) is 0 Å². The molecule has 0 aromatic heterocycles. The second-order valence-electron chi connectivity index (χ2n) is 8.48. The molecule has 4 atom stereocenters. The van der Waals surface area contributed by atoms with E-state index in [0.717, 1.165) is 25.4 Å². The number of hydrogen-bond donors (Lipinski definition) is 2. The van der Waals surface area contributed by atoms with E-state index in [1.807, 2.05) is 0 Å². The van der Waals surface area contributed by atoms with Crippen molar-refractivity contribution in [2.75, 3.05) is 13.1 Å². The summed E-state index contributed by atoms with van der Waals surface area (Å²) in [7, 11) is 0. The Morgan fingerprint density at radius 2 is 2.10 bits per heavy atom. The van der Waals surface area contributed by atoms with Gasteiger partial charge in [0, 0.05) is 12.5 Å². The predicted octanol–water partition coefficient (Wildman–Crippen LogP) is 3.10. The van der Waals surface area contributed by atoms with Gasteiger partial charge < -0.3 is 10.6 Å². The first-order chi connectivity index (χ1) is 9.93. The van der Waals surface area contributed by atoms with Crippen molar-refractivity contribution in [1.82, 2.24) is 10.6 Å². The molecule has 3 nitrogen and oxygen atoms in total. The van der Waals surface area contributed by atoms with Gasteiger partial charge in [-0.25, -0.2) is 0 Å². The van der Waals surface area contributed by atoms with Gasteiger partial charge in [0.15, 0.2) is 0 Å². The topological polar surface area (TPSA) is 41.1 Å². The zero-order valence-electron chi connectivity index (χ0n) is 14.0. The highest BCUT2D eigenvalue weighted by molar-refractivity contribution is 5.76. The van der Waals surface area contributed by atoms with E-state index in [1.165, 1.54) is 32.1 Å². The van der Waals surface area contributed by atoms with Crippen LogP contribution < -0.4 is 10.6 Å². The van der Waals surface area contributed by atoms with E-state index in [0.29, 0.717) is 29.2 Å². The Kier molecular flexibility index (Phi) is 4.06. The Morgan fingerprint density at radius 3 is 2.67 bits per heavy atom. The first-order valence-corrected chi connectivity index (χ1v) is 8.93. The van der Waals surface area contributed by atoms with Crippen LogP contribution in [-0.4, -0.2) is 25.0 Å². The summed E-state index contributed by atoms with van der Waals surface area (Å²) in [4.78, 5) is 12.3. The van der Waals surface area contributed by atoms with Gasteiger partial charge in [-0.05, 0) is 74.3 Å². The third kappa shape index (κ3) is 2.62. The van der Waals surface area contributed by atoms with Gasteiger partial charge in [-0.3, -0.25) is 4.79 Å². The molecule has 2 aliphatic carbocycles. The molecule has 2 saturated carbocycles. The fraction of sp³-hybridized carbons (Fsp3) is 0.944. The molecule has 2 bridgehead atoms. The van der Waals surface area contributed by atoms with E-state index >= 15 is 0 Å². The molecule has 0 aromatic carbocycles. The SMILES string of the molecule is CC1(C)C2CCC1(C)C(NC(=O)CCC1CCCNC1)C2. The minimum atomic E-state index is 0.287. The molecule has 1 saturated heterocycles. The van der Waals surface area contributed by atoms with E-state index in [4.69, 9.17) is 0 Å². The maximum atomic E-state index is 12.3. The van der Waals surface area contributed by atoms with Crippen molar-refractivity contribution >= 4 is 5.91 Å². The lowest BCUT2D eigenvalue weighted by atomic mass is 9.69. The number of amides is 1. The van der Waals surface area contributed by atoms with Gasteiger partial charge in [0.25, 0.3) is 0 Å². The molecule has 3 fully saturated rings. The molecule has 21 heavy (non-hydrogen) atoms. The number of carbonyl (C=O) groups is 1. The van der Waals surface area contributed by atoms with E-state index in [9.17, 15) is 4.79 Å². The van der Waals surface area contributed by atoms with Gasteiger partial charge in [0.1, 0.15) is 0 Å². The lowest BCUT2D eigenvalue weighted by molar-refractivity contribution is -0.123. The number of fused-ring (bicyclic) bond motifs is 2. The summed E-state index contributed by atoms with van der Waals surface area (Å²) in [5.41, 5.74) is 0.692. The minimum absolute atomic E-state index is 0.287. The number of carbonyl (C=O) groups excluding carboxylic acids is 1. The molecule has 3 heteroatoms. The summed E-state index contributed by atoms with van der Waals surface area (Å²) in [5.74, 6) is 1.79. The summed E-state index contributed by atoms with van der Waals surface area (Å²) in [6, 6.07) is 0.406. The standard InChI is InChI=1S/C18H32N2O/c1-17(2)14-8-9-18(17,3)15(11-14)20-16(21)7-6-13-5-4-10-19-12-13/h13-15,19H,4-12H2,1-3H3,(H,20,21). The normalized spacial score (nSPS) is 41.2. The third-order valence-corrected chi connectivity index (χ3v) is 7.31. The zero-order chi connectivity index (χ0) is 15.1. The van der Waals surface area contributed by atoms with Gasteiger partial charge in [0.05, 0.1) is 0 Å². The highest BCUT2D eigenvalue weighted by Crippen LogP contribution is 2.65. The second-order valence-corrected chi connectivity index (χ2v) is 8.48. The average molecular weight is 292 g/mol. The van der Waals surface area contributed by atoms with Crippen molar-refractivity contribution in [2.24, 2.45) is 22.7 Å². The lowest BCUT2D eigenvalue weighted by Gasteiger charge is -2.39. The van der Waals surface area contributed by atoms with Crippen LogP contribution in [0.5, 0.6) is 0 Å². The molecule has 4 unspecified atom stereocenters. The molecule has 3 aliphatic rings. The molecule has 1 aliphatic heterocycles. The van der Waals surface area contributed by atoms with Crippen molar-refractivity contribution < 1.29 is 4.79 Å². The van der Waals surface area contributed by atoms with Crippen LogP contribution in [0, 0.1) is 22.7 Å². The van der Waals surface area contributed by atoms with Gasteiger partial charge in [-0.15, -0.1) is 0 Å². The minimum Gasteiger partial charge on any atom is -0.353 e.